The molecule has 1 aromatic carbocycles. The Hall–Kier alpha value is -2.32. The first-order valence-corrected chi connectivity index (χ1v) is 7.60. The number of carbonyl (C=O) groups excluding carboxylic acids is 1. The Morgan fingerprint density at radius 1 is 1.52 bits per heavy atom. The number of nitrogens with zero attached hydrogens (tertiary/aromatic N) is 4. The van der Waals surface area contributed by atoms with Gasteiger partial charge in [0.15, 0.2) is 0 Å². The van der Waals surface area contributed by atoms with Crippen LogP contribution in [0.3, 0.4) is 0 Å². The molecule has 2 heterocycles. The van der Waals surface area contributed by atoms with Gasteiger partial charge in [-0.05, 0) is 30.3 Å². The number of hydrogen-bond donors (Lipinski definition) is 3. The Labute approximate surface area is 133 Å². The average molecular weight is 316 g/mol. The van der Waals surface area contributed by atoms with Crippen LogP contribution in [0.4, 0.5) is 0 Å². The lowest BCUT2D eigenvalue weighted by atomic mass is 9.94. The standard InChI is InChI=1S/C15H20N6O2/c1-21-6-5-13(22)12(9-21)15(23)16-8-10-3-2-4-11(7-10)14-17-19-20-18-14/h2-4,7,12-13,22H,5-6,8-9H2,1H3,(H,16,23)(H,17,18,19,20)/t12-,13-/m1/s1. The van der Waals surface area contributed by atoms with Crippen LogP contribution < -0.4 is 5.32 Å². The number of aromatic amines is 1. The number of amides is 1. The van der Waals surface area contributed by atoms with Crippen molar-refractivity contribution >= 4 is 5.91 Å². The van der Waals surface area contributed by atoms with Crippen LogP contribution in [0.25, 0.3) is 11.4 Å². The van der Waals surface area contributed by atoms with Crippen molar-refractivity contribution in [3.8, 4) is 11.4 Å². The molecule has 0 radical (unpaired) electrons. The minimum atomic E-state index is -0.572. The van der Waals surface area contributed by atoms with Crippen LogP contribution in [0, 0.1) is 5.92 Å². The number of aliphatic hydroxyl groups excluding tert-OH is 1. The van der Waals surface area contributed by atoms with Crippen LogP contribution in [0.5, 0.6) is 0 Å². The number of aliphatic hydroxyl groups is 1. The van der Waals surface area contributed by atoms with Gasteiger partial charge >= 0.3 is 0 Å². The Kier molecular flexibility index (Phi) is 4.63. The average Bonchev–Trinajstić information content (AvgIpc) is 3.10. The molecule has 0 saturated carbocycles. The van der Waals surface area contributed by atoms with Crippen molar-refractivity contribution in [3.63, 3.8) is 0 Å². The number of aromatic nitrogens is 4. The quantitative estimate of drug-likeness (QED) is 0.721. The number of nitrogens with one attached hydrogen (secondary N) is 2. The van der Waals surface area contributed by atoms with Crippen molar-refractivity contribution < 1.29 is 9.90 Å². The van der Waals surface area contributed by atoms with E-state index >= 15 is 0 Å². The molecule has 1 amide bonds. The summed E-state index contributed by atoms with van der Waals surface area (Å²) < 4.78 is 0. The summed E-state index contributed by atoms with van der Waals surface area (Å²) in [5, 5.41) is 26.8. The topological polar surface area (TPSA) is 107 Å². The summed E-state index contributed by atoms with van der Waals surface area (Å²) >= 11 is 0. The van der Waals surface area contributed by atoms with Gasteiger partial charge in [0.1, 0.15) is 0 Å². The lowest BCUT2D eigenvalue weighted by Crippen LogP contribution is -2.48. The first-order chi connectivity index (χ1) is 11.1. The van der Waals surface area contributed by atoms with E-state index < -0.39 is 6.10 Å². The maximum absolute atomic E-state index is 12.3. The molecule has 8 heteroatoms. The van der Waals surface area contributed by atoms with Gasteiger partial charge in [-0.25, -0.2) is 0 Å². The van der Waals surface area contributed by atoms with Gasteiger partial charge < -0.3 is 15.3 Å². The summed E-state index contributed by atoms with van der Waals surface area (Å²) in [6.07, 6.45) is 0.0545. The van der Waals surface area contributed by atoms with Crippen LogP contribution in [0.15, 0.2) is 24.3 Å². The third kappa shape index (κ3) is 3.72. The van der Waals surface area contributed by atoms with Crippen LogP contribution in [-0.2, 0) is 11.3 Å². The maximum Gasteiger partial charge on any atom is 0.227 e. The molecule has 0 bridgehead atoms. The number of rotatable bonds is 4. The fraction of sp³-hybridized carbons (Fsp3) is 0.467. The van der Waals surface area contributed by atoms with Crippen molar-refractivity contribution in [2.24, 2.45) is 5.92 Å². The molecule has 1 aliphatic heterocycles. The molecule has 122 valence electrons. The smallest absolute Gasteiger partial charge is 0.227 e. The Morgan fingerprint density at radius 3 is 3.17 bits per heavy atom. The zero-order chi connectivity index (χ0) is 16.2. The molecule has 1 aliphatic rings. The first-order valence-electron chi connectivity index (χ1n) is 7.60. The molecular formula is C15H20N6O2. The van der Waals surface area contributed by atoms with Crippen molar-refractivity contribution in [2.45, 2.75) is 19.1 Å². The van der Waals surface area contributed by atoms with Crippen molar-refractivity contribution in [2.75, 3.05) is 20.1 Å². The lowest BCUT2D eigenvalue weighted by molar-refractivity contribution is -0.131. The first kappa shape index (κ1) is 15.6. The molecule has 0 aliphatic carbocycles. The number of piperidine rings is 1. The van der Waals surface area contributed by atoms with E-state index in [0.717, 1.165) is 17.7 Å². The number of H-pyrrole nitrogens is 1. The minimum Gasteiger partial charge on any atom is -0.392 e. The highest BCUT2D eigenvalue weighted by molar-refractivity contribution is 5.79. The normalized spacial score (nSPS) is 22.0. The summed E-state index contributed by atoms with van der Waals surface area (Å²) in [5.74, 6) is 0.0191. The maximum atomic E-state index is 12.3. The highest BCUT2D eigenvalue weighted by Crippen LogP contribution is 2.17. The van der Waals surface area contributed by atoms with Crippen molar-refractivity contribution in [3.05, 3.63) is 29.8 Å². The van der Waals surface area contributed by atoms with E-state index in [1.165, 1.54) is 0 Å². The lowest BCUT2D eigenvalue weighted by Gasteiger charge is -2.32. The molecule has 2 atom stereocenters. The predicted molar refractivity (Wildman–Crippen MR) is 83.1 cm³/mol. The monoisotopic (exact) mass is 316 g/mol. The minimum absolute atomic E-state index is 0.117. The highest BCUT2D eigenvalue weighted by atomic mass is 16.3. The number of likely N-dealkylation sites (tertiary alicyclic amines) is 1. The van der Waals surface area contributed by atoms with E-state index in [1.54, 1.807) is 0 Å². The van der Waals surface area contributed by atoms with Gasteiger partial charge in [0.25, 0.3) is 0 Å². The Balaban J connectivity index is 1.62. The third-order valence-corrected chi connectivity index (χ3v) is 4.11. The molecule has 0 unspecified atom stereocenters. The fourth-order valence-corrected chi connectivity index (χ4v) is 2.78. The highest BCUT2D eigenvalue weighted by Gasteiger charge is 2.31. The second kappa shape index (κ2) is 6.84. The number of carbonyl (C=O) groups is 1. The van der Waals surface area contributed by atoms with Gasteiger partial charge in [0, 0.05) is 25.2 Å². The molecule has 23 heavy (non-hydrogen) atoms. The molecule has 8 nitrogen and oxygen atoms in total. The SMILES string of the molecule is CN1CC[C@@H](O)[C@H](C(=O)NCc2cccc(-c3nn[nH]n3)c2)C1. The second-order valence-electron chi connectivity index (χ2n) is 5.88. The van der Waals surface area contributed by atoms with Crippen LogP contribution in [-0.4, -0.2) is 62.8 Å². The van der Waals surface area contributed by atoms with E-state index in [4.69, 9.17) is 0 Å². The fourth-order valence-electron chi connectivity index (χ4n) is 2.78. The second-order valence-corrected chi connectivity index (χ2v) is 5.88. The summed E-state index contributed by atoms with van der Waals surface area (Å²) in [7, 11) is 1.96. The molecule has 0 spiro atoms. The molecule has 1 saturated heterocycles. The molecular weight excluding hydrogens is 296 g/mol. The number of tetrazole rings is 1. The Bertz CT molecular complexity index is 660. The van der Waals surface area contributed by atoms with Gasteiger partial charge in [0.2, 0.25) is 11.7 Å². The zero-order valence-corrected chi connectivity index (χ0v) is 12.9. The molecule has 3 rings (SSSR count). The molecule has 2 aromatic rings. The van der Waals surface area contributed by atoms with Crippen LogP contribution in [0.1, 0.15) is 12.0 Å². The van der Waals surface area contributed by atoms with Crippen LogP contribution >= 0.6 is 0 Å². The summed E-state index contributed by atoms with van der Waals surface area (Å²) in [5.41, 5.74) is 1.78. The van der Waals surface area contributed by atoms with Gasteiger partial charge in [-0.3, -0.25) is 4.79 Å². The molecule has 1 aromatic heterocycles. The van der Waals surface area contributed by atoms with Gasteiger partial charge in [-0.15, -0.1) is 10.2 Å². The van der Waals surface area contributed by atoms with E-state index in [0.29, 0.717) is 25.3 Å². The van der Waals surface area contributed by atoms with Crippen molar-refractivity contribution in [1.82, 2.24) is 30.8 Å². The van der Waals surface area contributed by atoms with E-state index in [2.05, 4.69) is 30.8 Å². The third-order valence-electron chi connectivity index (χ3n) is 4.11. The van der Waals surface area contributed by atoms with Gasteiger partial charge in [0.05, 0.1) is 12.0 Å². The van der Waals surface area contributed by atoms with Gasteiger partial charge in [-0.1, -0.05) is 18.2 Å². The summed E-state index contributed by atoms with van der Waals surface area (Å²) in [6.45, 7) is 1.80. The van der Waals surface area contributed by atoms with Crippen LogP contribution in [0.2, 0.25) is 0 Å². The van der Waals surface area contributed by atoms with Crippen molar-refractivity contribution in [1.29, 1.82) is 0 Å². The van der Waals surface area contributed by atoms with E-state index in [9.17, 15) is 9.90 Å². The van der Waals surface area contributed by atoms with E-state index in [1.807, 2.05) is 31.3 Å². The summed E-state index contributed by atoms with van der Waals surface area (Å²) in [6, 6.07) is 7.61. The Morgan fingerprint density at radius 2 is 2.39 bits per heavy atom. The predicted octanol–water partition coefficient (Wildman–Crippen LogP) is -0.205. The largest absolute Gasteiger partial charge is 0.392 e. The molecule has 1 fully saturated rings. The summed E-state index contributed by atoms with van der Waals surface area (Å²) in [4.78, 5) is 14.4. The van der Waals surface area contributed by atoms with E-state index in [-0.39, 0.29) is 11.8 Å². The number of hydrogen-bond acceptors (Lipinski definition) is 6. The number of benzene rings is 1. The zero-order valence-electron chi connectivity index (χ0n) is 12.9. The molecule has 3 N–H and O–H groups in total. The van der Waals surface area contributed by atoms with Gasteiger partial charge in [-0.2, -0.15) is 5.21 Å².